The molecule has 0 radical (unpaired) electrons. The second kappa shape index (κ2) is 6.11. The third-order valence-electron chi connectivity index (χ3n) is 2.82. The zero-order valence-corrected chi connectivity index (χ0v) is 12.4. The molecule has 0 bridgehead atoms. The zero-order chi connectivity index (χ0) is 14.7. The first-order valence-corrected chi connectivity index (χ1v) is 7.40. The van der Waals surface area contributed by atoms with Gasteiger partial charge in [-0.25, -0.2) is 4.98 Å². The van der Waals surface area contributed by atoms with Gasteiger partial charge in [-0.3, -0.25) is 9.78 Å². The van der Waals surface area contributed by atoms with Gasteiger partial charge in [0.2, 0.25) is 0 Å². The summed E-state index contributed by atoms with van der Waals surface area (Å²) < 4.78 is 4.24. The van der Waals surface area contributed by atoms with Crippen LogP contribution in [0.15, 0.2) is 48.7 Å². The maximum Gasteiger partial charge on any atom is 0.191 e. The molecule has 0 saturated heterocycles. The van der Waals surface area contributed by atoms with Crippen molar-refractivity contribution in [1.29, 1.82) is 0 Å². The first-order valence-electron chi connectivity index (χ1n) is 6.25. The summed E-state index contributed by atoms with van der Waals surface area (Å²) in [6, 6.07) is 12.4. The SMILES string of the molecule is O=C(Cc1nc(-c2ccccn2)ns1)c1cccc(Cl)c1. The largest absolute Gasteiger partial charge is 0.294 e. The van der Waals surface area contributed by atoms with Crippen molar-refractivity contribution in [2.45, 2.75) is 6.42 Å². The third-order valence-corrected chi connectivity index (χ3v) is 3.77. The van der Waals surface area contributed by atoms with Gasteiger partial charge in [0.25, 0.3) is 0 Å². The van der Waals surface area contributed by atoms with Gasteiger partial charge in [-0.2, -0.15) is 4.37 Å². The number of Topliss-reactive ketones (excluding diaryl/α,β-unsaturated/α-hetero) is 1. The van der Waals surface area contributed by atoms with E-state index < -0.39 is 0 Å². The molecule has 3 aromatic rings. The Morgan fingerprint density at radius 3 is 2.86 bits per heavy atom. The molecule has 0 N–H and O–H groups in total. The van der Waals surface area contributed by atoms with Crippen molar-refractivity contribution in [2.75, 3.05) is 0 Å². The highest BCUT2D eigenvalue weighted by Crippen LogP contribution is 2.18. The van der Waals surface area contributed by atoms with Gasteiger partial charge < -0.3 is 0 Å². The van der Waals surface area contributed by atoms with Crippen LogP contribution in [0.5, 0.6) is 0 Å². The van der Waals surface area contributed by atoms with Crippen LogP contribution in [-0.4, -0.2) is 20.1 Å². The minimum absolute atomic E-state index is 0.0266. The van der Waals surface area contributed by atoms with E-state index in [2.05, 4.69) is 14.3 Å². The van der Waals surface area contributed by atoms with Crippen LogP contribution in [0.2, 0.25) is 5.02 Å². The molecule has 0 aliphatic rings. The van der Waals surface area contributed by atoms with Gasteiger partial charge in [0.15, 0.2) is 11.6 Å². The van der Waals surface area contributed by atoms with E-state index in [0.717, 1.165) is 0 Å². The van der Waals surface area contributed by atoms with E-state index in [1.807, 2.05) is 18.2 Å². The second-order valence-electron chi connectivity index (χ2n) is 4.34. The molecule has 0 aliphatic carbocycles. The van der Waals surface area contributed by atoms with E-state index >= 15 is 0 Å². The Hall–Kier alpha value is -2.11. The molecule has 3 rings (SSSR count). The summed E-state index contributed by atoms with van der Waals surface area (Å²) in [6.45, 7) is 0. The van der Waals surface area contributed by atoms with Crippen LogP contribution >= 0.6 is 23.1 Å². The predicted octanol–water partition coefficient (Wildman–Crippen LogP) is 3.68. The van der Waals surface area contributed by atoms with Crippen molar-refractivity contribution in [2.24, 2.45) is 0 Å². The Labute approximate surface area is 130 Å². The molecule has 0 spiro atoms. The van der Waals surface area contributed by atoms with Gasteiger partial charge in [-0.05, 0) is 35.8 Å². The number of halogens is 1. The predicted molar refractivity (Wildman–Crippen MR) is 82.6 cm³/mol. The Balaban J connectivity index is 1.77. The number of carbonyl (C=O) groups is 1. The Bertz CT molecular complexity index is 773. The smallest absolute Gasteiger partial charge is 0.191 e. The third kappa shape index (κ3) is 3.32. The van der Waals surface area contributed by atoms with Gasteiger partial charge in [-0.1, -0.05) is 29.8 Å². The second-order valence-corrected chi connectivity index (χ2v) is 5.61. The van der Waals surface area contributed by atoms with Crippen LogP contribution in [0.25, 0.3) is 11.5 Å². The topological polar surface area (TPSA) is 55.7 Å². The molecule has 6 heteroatoms. The molecule has 0 atom stereocenters. The van der Waals surface area contributed by atoms with Crippen LogP contribution in [0.3, 0.4) is 0 Å². The van der Waals surface area contributed by atoms with E-state index in [-0.39, 0.29) is 12.2 Å². The average Bonchev–Trinajstić information content (AvgIpc) is 2.97. The number of nitrogens with zero attached hydrogens (tertiary/aromatic N) is 3. The lowest BCUT2D eigenvalue weighted by Gasteiger charge is -1.98. The molecule has 0 unspecified atom stereocenters. The number of ketones is 1. The van der Waals surface area contributed by atoms with Crippen LogP contribution in [-0.2, 0) is 6.42 Å². The first kappa shape index (κ1) is 13.9. The van der Waals surface area contributed by atoms with Crippen molar-refractivity contribution in [3.8, 4) is 11.5 Å². The number of rotatable bonds is 4. The molecule has 4 nitrogen and oxygen atoms in total. The number of aromatic nitrogens is 3. The number of hydrogen-bond donors (Lipinski definition) is 0. The van der Waals surface area contributed by atoms with Crippen LogP contribution in [0.4, 0.5) is 0 Å². The van der Waals surface area contributed by atoms with Crippen molar-refractivity contribution in [3.05, 3.63) is 64.3 Å². The number of benzene rings is 1. The fourth-order valence-corrected chi connectivity index (χ4v) is 2.67. The summed E-state index contributed by atoms with van der Waals surface area (Å²) in [6.07, 6.45) is 1.90. The molecule has 0 fully saturated rings. The Morgan fingerprint density at radius 2 is 2.10 bits per heavy atom. The summed E-state index contributed by atoms with van der Waals surface area (Å²) in [4.78, 5) is 20.7. The van der Waals surface area contributed by atoms with E-state index in [9.17, 15) is 4.79 Å². The quantitative estimate of drug-likeness (QED) is 0.689. The first-order chi connectivity index (χ1) is 10.2. The Kier molecular flexibility index (Phi) is 4.03. The lowest BCUT2D eigenvalue weighted by molar-refractivity contribution is 0.0993. The highest BCUT2D eigenvalue weighted by molar-refractivity contribution is 7.05. The Morgan fingerprint density at radius 1 is 1.19 bits per heavy atom. The van der Waals surface area contributed by atoms with Crippen molar-refractivity contribution < 1.29 is 4.79 Å². The normalized spacial score (nSPS) is 10.5. The summed E-state index contributed by atoms with van der Waals surface area (Å²) in [5, 5.41) is 1.22. The molecular weight excluding hydrogens is 306 g/mol. The maximum absolute atomic E-state index is 12.2. The molecule has 2 aromatic heterocycles. The highest BCUT2D eigenvalue weighted by Gasteiger charge is 2.13. The minimum atomic E-state index is -0.0266. The molecule has 1 aromatic carbocycles. The van der Waals surface area contributed by atoms with Gasteiger partial charge in [0, 0.05) is 16.8 Å². The van der Waals surface area contributed by atoms with Crippen molar-refractivity contribution >= 4 is 28.9 Å². The standard InChI is InChI=1S/C15H10ClN3OS/c16-11-5-3-4-10(8-11)13(20)9-14-18-15(19-21-14)12-6-1-2-7-17-12/h1-8H,9H2. The molecule has 0 aliphatic heterocycles. The summed E-state index contributed by atoms with van der Waals surface area (Å²) in [7, 11) is 0. The summed E-state index contributed by atoms with van der Waals surface area (Å²) in [5.41, 5.74) is 1.28. The van der Waals surface area contributed by atoms with E-state index in [1.165, 1.54) is 11.5 Å². The minimum Gasteiger partial charge on any atom is -0.294 e. The van der Waals surface area contributed by atoms with Crippen LogP contribution in [0, 0.1) is 0 Å². The molecule has 2 heterocycles. The van der Waals surface area contributed by atoms with Crippen molar-refractivity contribution in [1.82, 2.24) is 14.3 Å². The van der Waals surface area contributed by atoms with Gasteiger partial charge in [0.1, 0.15) is 10.7 Å². The molecular formula is C15H10ClN3OS. The monoisotopic (exact) mass is 315 g/mol. The fourth-order valence-electron chi connectivity index (χ4n) is 1.83. The van der Waals surface area contributed by atoms with Crippen LogP contribution in [0.1, 0.15) is 15.4 Å². The summed E-state index contributed by atoms with van der Waals surface area (Å²) >= 11 is 7.11. The maximum atomic E-state index is 12.2. The lowest BCUT2D eigenvalue weighted by atomic mass is 10.1. The average molecular weight is 316 g/mol. The zero-order valence-electron chi connectivity index (χ0n) is 10.9. The fraction of sp³-hybridized carbons (Fsp3) is 0.0667. The summed E-state index contributed by atoms with van der Waals surface area (Å²) in [5.74, 6) is 0.524. The van der Waals surface area contributed by atoms with Crippen molar-refractivity contribution in [3.63, 3.8) is 0 Å². The number of pyridine rings is 1. The van der Waals surface area contributed by atoms with E-state index in [0.29, 0.717) is 27.1 Å². The highest BCUT2D eigenvalue weighted by atomic mass is 35.5. The van der Waals surface area contributed by atoms with Gasteiger partial charge in [0.05, 0.1) is 6.42 Å². The van der Waals surface area contributed by atoms with Gasteiger partial charge >= 0.3 is 0 Å². The molecule has 0 amide bonds. The van der Waals surface area contributed by atoms with E-state index in [1.54, 1.807) is 30.5 Å². The van der Waals surface area contributed by atoms with Crippen LogP contribution < -0.4 is 0 Å². The molecule has 0 saturated carbocycles. The lowest BCUT2D eigenvalue weighted by Crippen LogP contribution is -2.03. The van der Waals surface area contributed by atoms with Gasteiger partial charge in [-0.15, -0.1) is 0 Å². The van der Waals surface area contributed by atoms with E-state index in [4.69, 9.17) is 11.6 Å². The number of hydrogen-bond acceptors (Lipinski definition) is 5. The molecule has 104 valence electrons. The number of carbonyl (C=O) groups excluding carboxylic acids is 1. The molecule has 21 heavy (non-hydrogen) atoms.